The smallest absolute Gasteiger partial charge is 0.272 e. The summed E-state index contributed by atoms with van der Waals surface area (Å²) >= 11 is 7.57. The van der Waals surface area contributed by atoms with Crippen LogP contribution in [-0.2, 0) is 13.1 Å². The number of imidazole rings is 1. The van der Waals surface area contributed by atoms with Crippen molar-refractivity contribution in [2.24, 2.45) is 0 Å². The number of aromatic nitrogens is 4. The topological polar surface area (TPSA) is 72.7 Å². The van der Waals surface area contributed by atoms with E-state index in [1.54, 1.807) is 24.7 Å². The molecule has 2 heterocycles. The van der Waals surface area contributed by atoms with Crippen LogP contribution in [-0.4, -0.2) is 25.7 Å². The Morgan fingerprint density at radius 2 is 1.80 bits per heavy atom. The fourth-order valence-electron chi connectivity index (χ4n) is 2.76. The van der Waals surface area contributed by atoms with Crippen molar-refractivity contribution < 1.29 is 4.79 Å². The molecular formula is C22H18ClN5OS. The SMILES string of the molecule is O=C(NCc1ccc(Cn2ccnc2)cc1)c1ccc(Sc2ccccc2Cl)nn1. The molecule has 2 aromatic heterocycles. The second kappa shape index (κ2) is 9.56. The number of benzene rings is 2. The van der Waals surface area contributed by atoms with Crippen LogP contribution in [0.3, 0.4) is 0 Å². The standard InChI is InChI=1S/C22H18ClN5OS/c23-18-3-1-2-4-20(18)30-21-10-9-19(26-27-21)22(29)25-13-16-5-7-17(8-6-16)14-28-12-11-24-15-28/h1-12,15H,13-14H2,(H,25,29). The second-order valence-electron chi connectivity index (χ2n) is 6.52. The normalized spacial score (nSPS) is 10.7. The Balaban J connectivity index is 1.31. The molecule has 0 unspecified atom stereocenters. The molecule has 0 aliphatic rings. The average Bonchev–Trinajstić information content (AvgIpc) is 3.28. The molecule has 0 spiro atoms. The third-order valence-electron chi connectivity index (χ3n) is 4.32. The van der Waals surface area contributed by atoms with Gasteiger partial charge in [0.1, 0.15) is 5.03 Å². The minimum Gasteiger partial charge on any atom is -0.347 e. The van der Waals surface area contributed by atoms with Crippen LogP contribution in [0.4, 0.5) is 0 Å². The predicted octanol–water partition coefficient (Wildman–Crippen LogP) is 4.46. The largest absolute Gasteiger partial charge is 0.347 e. The molecule has 6 nitrogen and oxygen atoms in total. The highest BCUT2D eigenvalue weighted by molar-refractivity contribution is 7.99. The second-order valence-corrected chi connectivity index (χ2v) is 7.99. The molecule has 0 fully saturated rings. The molecule has 0 bridgehead atoms. The van der Waals surface area contributed by atoms with Crippen LogP contribution in [0.25, 0.3) is 0 Å². The van der Waals surface area contributed by atoms with Crippen molar-refractivity contribution in [3.8, 4) is 0 Å². The highest BCUT2D eigenvalue weighted by Crippen LogP contribution is 2.31. The summed E-state index contributed by atoms with van der Waals surface area (Å²) in [7, 11) is 0. The van der Waals surface area contributed by atoms with Crippen molar-refractivity contribution in [3.63, 3.8) is 0 Å². The molecule has 4 aromatic rings. The van der Waals surface area contributed by atoms with E-state index in [0.717, 1.165) is 17.0 Å². The van der Waals surface area contributed by atoms with Gasteiger partial charge in [0.25, 0.3) is 5.91 Å². The number of rotatable bonds is 7. The molecule has 0 radical (unpaired) electrons. The van der Waals surface area contributed by atoms with Gasteiger partial charge in [-0.15, -0.1) is 10.2 Å². The summed E-state index contributed by atoms with van der Waals surface area (Å²) in [6, 6.07) is 19.0. The summed E-state index contributed by atoms with van der Waals surface area (Å²) in [5.74, 6) is -0.265. The third-order valence-corrected chi connectivity index (χ3v) is 5.77. The van der Waals surface area contributed by atoms with Crippen LogP contribution < -0.4 is 5.32 Å². The fourth-order valence-corrected chi connectivity index (χ4v) is 3.77. The van der Waals surface area contributed by atoms with E-state index in [-0.39, 0.29) is 11.6 Å². The Morgan fingerprint density at radius 1 is 1.00 bits per heavy atom. The number of nitrogens with zero attached hydrogens (tertiary/aromatic N) is 4. The highest BCUT2D eigenvalue weighted by atomic mass is 35.5. The Labute approximate surface area is 183 Å². The van der Waals surface area contributed by atoms with Gasteiger partial charge < -0.3 is 9.88 Å². The first kappa shape index (κ1) is 20.1. The molecule has 30 heavy (non-hydrogen) atoms. The van der Waals surface area contributed by atoms with Gasteiger partial charge >= 0.3 is 0 Å². The molecule has 0 saturated heterocycles. The van der Waals surface area contributed by atoms with Crippen molar-refractivity contribution >= 4 is 29.3 Å². The number of nitrogens with one attached hydrogen (secondary N) is 1. The molecular weight excluding hydrogens is 418 g/mol. The summed E-state index contributed by atoms with van der Waals surface area (Å²) in [4.78, 5) is 17.3. The summed E-state index contributed by atoms with van der Waals surface area (Å²) in [6.07, 6.45) is 5.47. The number of amides is 1. The maximum atomic E-state index is 12.4. The maximum Gasteiger partial charge on any atom is 0.272 e. The molecule has 150 valence electrons. The van der Waals surface area contributed by atoms with Crippen molar-refractivity contribution in [1.29, 1.82) is 0 Å². The lowest BCUT2D eigenvalue weighted by Crippen LogP contribution is -2.24. The lowest BCUT2D eigenvalue weighted by atomic mass is 10.1. The first-order valence-electron chi connectivity index (χ1n) is 9.25. The van der Waals surface area contributed by atoms with E-state index >= 15 is 0 Å². The number of carbonyl (C=O) groups excluding carboxylic acids is 1. The molecule has 1 amide bonds. The Morgan fingerprint density at radius 3 is 2.50 bits per heavy atom. The van der Waals surface area contributed by atoms with Crippen molar-refractivity contribution in [2.45, 2.75) is 23.0 Å². The molecule has 2 aromatic carbocycles. The quantitative estimate of drug-likeness (QED) is 0.464. The van der Waals surface area contributed by atoms with Gasteiger partial charge in [-0.05, 0) is 35.4 Å². The van der Waals surface area contributed by atoms with Crippen LogP contribution in [0.15, 0.2) is 89.3 Å². The zero-order valence-electron chi connectivity index (χ0n) is 15.9. The van der Waals surface area contributed by atoms with Crippen molar-refractivity contribution in [3.05, 3.63) is 101 Å². The number of halogens is 1. The Hall–Kier alpha value is -3.16. The monoisotopic (exact) mass is 435 g/mol. The van der Waals surface area contributed by atoms with E-state index in [1.807, 2.05) is 59.3 Å². The van der Waals surface area contributed by atoms with E-state index in [0.29, 0.717) is 16.6 Å². The lowest BCUT2D eigenvalue weighted by Gasteiger charge is -2.07. The van der Waals surface area contributed by atoms with E-state index in [1.165, 1.54) is 17.3 Å². The zero-order chi connectivity index (χ0) is 20.8. The minimum atomic E-state index is -0.265. The third kappa shape index (κ3) is 5.25. The minimum absolute atomic E-state index is 0.265. The number of hydrogen-bond acceptors (Lipinski definition) is 5. The Bertz CT molecular complexity index is 1120. The first-order valence-corrected chi connectivity index (χ1v) is 10.4. The molecule has 4 rings (SSSR count). The average molecular weight is 436 g/mol. The molecule has 0 saturated carbocycles. The molecule has 0 aliphatic carbocycles. The van der Waals surface area contributed by atoms with Gasteiger partial charge in [0.05, 0.1) is 11.3 Å². The van der Waals surface area contributed by atoms with E-state index in [9.17, 15) is 4.79 Å². The van der Waals surface area contributed by atoms with Crippen LogP contribution in [0.2, 0.25) is 5.02 Å². The van der Waals surface area contributed by atoms with Gasteiger partial charge in [-0.2, -0.15) is 0 Å². The molecule has 1 N–H and O–H groups in total. The number of carbonyl (C=O) groups is 1. The van der Waals surface area contributed by atoms with Gasteiger partial charge in [0.2, 0.25) is 0 Å². The van der Waals surface area contributed by atoms with Crippen LogP contribution in [0.5, 0.6) is 0 Å². The van der Waals surface area contributed by atoms with Gasteiger partial charge in [-0.25, -0.2) is 4.98 Å². The fraction of sp³-hybridized carbons (Fsp3) is 0.0909. The van der Waals surface area contributed by atoms with Crippen molar-refractivity contribution in [1.82, 2.24) is 25.1 Å². The highest BCUT2D eigenvalue weighted by Gasteiger charge is 2.10. The molecule has 8 heteroatoms. The predicted molar refractivity (Wildman–Crippen MR) is 117 cm³/mol. The van der Waals surface area contributed by atoms with Crippen LogP contribution in [0.1, 0.15) is 21.6 Å². The Kier molecular flexibility index (Phi) is 6.41. The number of hydrogen-bond donors (Lipinski definition) is 1. The first-order chi connectivity index (χ1) is 14.7. The van der Waals surface area contributed by atoms with E-state index in [2.05, 4.69) is 20.5 Å². The molecule has 0 atom stereocenters. The van der Waals surface area contributed by atoms with E-state index < -0.39 is 0 Å². The summed E-state index contributed by atoms with van der Waals surface area (Å²) < 4.78 is 2.00. The van der Waals surface area contributed by atoms with Crippen LogP contribution in [0, 0.1) is 0 Å². The summed E-state index contributed by atoms with van der Waals surface area (Å²) in [5, 5.41) is 12.4. The lowest BCUT2D eigenvalue weighted by molar-refractivity contribution is 0.0944. The van der Waals surface area contributed by atoms with Gasteiger partial charge in [-0.3, -0.25) is 4.79 Å². The molecule has 0 aliphatic heterocycles. The van der Waals surface area contributed by atoms with Gasteiger partial charge in [-0.1, -0.05) is 59.8 Å². The summed E-state index contributed by atoms with van der Waals surface area (Å²) in [5.41, 5.74) is 2.45. The van der Waals surface area contributed by atoms with Crippen LogP contribution >= 0.6 is 23.4 Å². The van der Waals surface area contributed by atoms with E-state index in [4.69, 9.17) is 11.6 Å². The maximum absolute atomic E-state index is 12.4. The zero-order valence-corrected chi connectivity index (χ0v) is 17.5. The summed E-state index contributed by atoms with van der Waals surface area (Å²) in [6.45, 7) is 1.18. The van der Waals surface area contributed by atoms with Gasteiger partial charge in [0, 0.05) is 30.4 Å². The van der Waals surface area contributed by atoms with Crippen molar-refractivity contribution in [2.75, 3.05) is 0 Å². The van der Waals surface area contributed by atoms with Gasteiger partial charge in [0.15, 0.2) is 5.69 Å².